The lowest BCUT2D eigenvalue weighted by Crippen LogP contribution is -2.45. The molecular formula is C13H19N3O2. The zero-order valence-electron chi connectivity index (χ0n) is 10.8. The molecule has 0 bridgehead atoms. The Hall–Kier alpha value is -1.62. The first-order chi connectivity index (χ1) is 8.58. The van der Waals surface area contributed by atoms with Gasteiger partial charge in [0, 0.05) is 31.4 Å². The van der Waals surface area contributed by atoms with E-state index >= 15 is 0 Å². The van der Waals surface area contributed by atoms with Gasteiger partial charge < -0.3 is 15.2 Å². The van der Waals surface area contributed by atoms with Crippen LogP contribution in [0.15, 0.2) is 12.3 Å². The number of aryl methyl sites for hydroxylation is 1. The van der Waals surface area contributed by atoms with Gasteiger partial charge in [-0.25, -0.2) is 0 Å². The zero-order valence-corrected chi connectivity index (χ0v) is 10.8. The fourth-order valence-electron chi connectivity index (χ4n) is 2.22. The molecule has 0 saturated carbocycles. The maximum atomic E-state index is 12.1. The van der Waals surface area contributed by atoms with Crippen molar-refractivity contribution in [1.82, 2.24) is 15.2 Å². The molecule has 0 radical (unpaired) electrons. The van der Waals surface area contributed by atoms with E-state index in [1.807, 2.05) is 0 Å². The molecule has 2 N–H and O–H groups in total. The predicted octanol–water partition coefficient (Wildman–Crippen LogP) is 0.709. The van der Waals surface area contributed by atoms with Crippen LogP contribution in [0.25, 0.3) is 0 Å². The van der Waals surface area contributed by atoms with E-state index < -0.39 is 0 Å². The van der Waals surface area contributed by atoms with Crippen molar-refractivity contribution in [2.24, 2.45) is 7.05 Å². The number of hydrogen-bond acceptors (Lipinski definition) is 3. The SMILES string of the molecule is CC(=O)c1cc(C(=O)NC2CCCNC2)n(C)c1. The van der Waals surface area contributed by atoms with Crippen molar-refractivity contribution in [2.45, 2.75) is 25.8 Å². The maximum absolute atomic E-state index is 12.1. The van der Waals surface area contributed by atoms with E-state index in [1.165, 1.54) is 6.92 Å². The van der Waals surface area contributed by atoms with Crippen LogP contribution in [0.1, 0.15) is 40.6 Å². The average molecular weight is 249 g/mol. The van der Waals surface area contributed by atoms with E-state index in [-0.39, 0.29) is 17.7 Å². The minimum Gasteiger partial charge on any atom is -0.347 e. The van der Waals surface area contributed by atoms with Crippen LogP contribution in [0.2, 0.25) is 0 Å². The van der Waals surface area contributed by atoms with Gasteiger partial charge in [-0.3, -0.25) is 9.59 Å². The van der Waals surface area contributed by atoms with E-state index in [1.54, 1.807) is 23.9 Å². The van der Waals surface area contributed by atoms with Gasteiger partial charge in [-0.15, -0.1) is 0 Å². The molecule has 1 aromatic heterocycles. The lowest BCUT2D eigenvalue weighted by atomic mass is 10.1. The van der Waals surface area contributed by atoms with Crippen LogP contribution >= 0.6 is 0 Å². The van der Waals surface area contributed by atoms with Gasteiger partial charge in [-0.05, 0) is 32.4 Å². The Balaban J connectivity index is 2.06. The molecule has 1 fully saturated rings. The average Bonchev–Trinajstić information content (AvgIpc) is 2.73. The molecular weight excluding hydrogens is 230 g/mol. The maximum Gasteiger partial charge on any atom is 0.268 e. The van der Waals surface area contributed by atoms with Gasteiger partial charge in [0.1, 0.15) is 5.69 Å². The Morgan fingerprint density at radius 3 is 2.83 bits per heavy atom. The van der Waals surface area contributed by atoms with Crippen molar-refractivity contribution in [3.63, 3.8) is 0 Å². The monoisotopic (exact) mass is 249 g/mol. The van der Waals surface area contributed by atoms with Gasteiger partial charge in [0.05, 0.1) is 0 Å². The molecule has 98 valence electrons. The third-order valence-corrected chi connectivity index (χ3v) is 3.28. The van der Waals surface area contributed by atoms with Crippen LogP contribution in [0.5, 0.6) is 0 Å². The first-order valence-corrected chi connectivity index (χ1v) is 6.27. The first-order valence-electron chi connectivity index (χ1n) is 6.27. The Kier molecular flexibility index (Phi) is 3.81. The van der Waals surface area contributed by atoms with Gasteiger partial charge in [0.2, 0.25) is 0 Å². The van der Waals surface area contributed by atoms with Crippen LogP contribution in [0.3, 0.4) is 0 Å². The lowest BCUT2D eigenvalue weighted by molar-refractivity contribution is 0.0922. The number of rotatable bonds is 3. The molecule has 1 aromatic rings. The number of carbonyl (C=O) groups is 2. The zero-order chi connectivity index (χ0) is 13.1. The molecule has 0 spiro atoms. The third-order valence-electron chi connectivity index (χ3n) is 3.28. The molecule has 5 nitrogen and oxygen atoms in total. The fourth-order valence-corrected chi connectivity index (χ4v) is 2.22. The minimum absolute atomic E-state index is 0.0241. The van der Waals surface area contributed by atoms with Crippen molar-refractivity contribution in [1.29, 1.82) is 0 Å². The molecule has 1 saturated heterocycles. The van der Waals surface area contributed by atoms with Crippen molar-refractivity contribution >= 4 is 11.7 Å². The van der Waals surface area contributed by atoms with E-state index in [0.29, 0.717) is 11.3 Å². The highest BCUT2D eigenvalue weighted by Crippen LogP contribution is 2.09. The van der Waals surface area contributed by atoms with Gasteiger partial charge in [-0.1, -0.05) is 0 Å². The van der Waals surface area contributed by atoms with Gasteiger partial charge in [-0.2, -0.15) is 0 Å². The largest absolute Gasteiger partial charge is 0.347 e. The number of Topliss-reactive ketones (excluding diaryl/α,β-unsaturated/α-hetero) is 1. The molecule has 1 aliphatic heterocycles. The number of nitrogens with zero attached hydrogens (tertiary/aromatic N) is 1. The van der Waals surface area contributed by atoms with E-state index in [9.17, 15) is 9.59 Å². The van der Waals surface area contributed by atoms with Crippen molar-refractivity contribution < 1.29 is 9.59 Å². The smallest absolute Gasteiger partial charge is 0.268 e. The number of piperidine rings is 1. The van der Waals surface area contributed by atoms with E-state index in [4.69, 9.17) is 0 Å². The van der Waals surface area contributed by atoms with Gasteiger partial charge in [0.25, 0.3) is 5.91 Å². The molecule has 0 aliphatic carbocycles. The Labute approximate surface area is 107 Å². The van der Waals surface area contributed by atoms with Crippen LogP contribution in [-0.2, 0) is 7.05 Å². The highest BCUT2D eigenvalue weighted by molar-refractivity contribution is 5.99. The summed E-state index contributed by atoms with van der Waals surface area (Å²) >= 11 is 0. The van der Waals surface area contributed by atoms with Crippen molar-refractivity contribution in [3.8, 4) is 0 Å². The summed E-state index contributed by atoms with van der Waals surface area (Å²) in [6.07, 6.45) is 3.77. The molecule has 5 heteroatoms. The van der Waals surface area contributed by atoms with Gasteiger partial charge in [0.15, 0.2) is 5.78 Å². The Bertz CT molecular complexity index is 459. The number of amides is 1. The second-order valence-electron chi connectivity index (χ2n) is 4.80. The molecule has 1 aliphatic rings. The van der Waals surface area contributed by atoms with E-state index in [0.717, 1.165) is 25.9 Å². The highest BCUT2D eigenvalue weighted by atomic mass is 16.2. The topological polar surface area (TPSA) is 63.1 Å². The number of hydrogen-bond donors (Lipinski definition) is 2. The number of nitrogens with one attached hydrogen (secondary N) is 2. The molecule has 1 amide bonds. The van der Waals surface area contributed by atoms with E-state index in [2.05, 4.69) is 10.6 Å². The van der Waals surface area contributed by atoms with Crippen molar-refractivity contribution in [3.05, 3.63) is 23.5 Å². The Morgan fingerprint density at radius 1 is 1.50 bits per heavy atom. The number of carbonyl (C=O) groups excluding carboxylic acids is 2. The summed E-state index contributed by atoms with van der Waals surface area (Å²) in [4.78, 5) is 23.4. The summed E-state index contributed by atoms with van der Waals surface area (Å²) in [7, 11) is 1.78. The van der Waals surface area contributed by atoms with Gasteiger partial charge >= 0.3 is 0 Å². The number of aromatic nitrogens is 1. The standard InChI is InChI=1S/C13H19N3O2/c1-9(17)10-6-12(16(2)8-10)13(18)15-11-4-3-5-14-7-11/h6,8,11,14H,3-5,7H2,1-2H3,(H,15,18). The molecule has 18 heavy (non-hydrogen) atoms. The molecule has 0 aromatic carbocycles. The fraction of sp³-hybridized carbons (Fsp3) is 0.538. The minimum atomic E-state index is -0.112. The van der Waals surface area contributed by atoms with Crippen molar-refractivity contribution in [2.75, 3.05) is 13.1 Å². The lowest BCUT2D eigenvalue weighted by Gasteiger charge is -2.23. The summed E-state index contributed by atoms with van der Waals surface area (Å²) in [5.41, 5.74) is 1.11. The second kappa shape index (κ2) is 5.35. The van der Waals surface area contributed by atoms with Crippen LogP contribution in [0, 0.1) is 0 Å². The predicted molar refractivity (Wildman–Crippen MR) is 68.8 cm³/mol. The molecule has 2 heterocycles. The first kappa shape index (κ1) is 12.8. The molecule has 1 atom stereocenters. The quantitative estimate of drug-likeness (QED) is 0.775. The number of ketones is 1. The van der Waals surface area contributed by atoms with Crippen LogP contribution in [-0.4, -0.2) is 35.4 Å². The highest BCUT2D eigenvalue weighted by Gasteiger charge is 2.19. The Morgan fingerprint density at radius 2 is 2.28 bits per heavy atom. The summed E-state index contributed by atoms with van der Waals surface area (Å²) in [6.45, 7) is 3.34. The summed E-state index contributed by atoms with van der Waals surface area (Å²) in [5, 5.41) is 6.25. The second-order valence-corrected chi connectivity index (χ2v) is 4.80. The third kappa shape index (κ3) is 2.79. The van der Waals surface area contributed by atoms with Crippen LogP contribution < -0.4 is 10.6 Å². The van der Waals surface area contributed by atoms with Crippen LogP contribution in [0.4, 0.5) is 0 Å². The molecule has 1 unspecified atom stereocenters. The summed E-state index contributed by atoms with van der Waals surface area (Å²) in [5.74, 6) is -0.136. The normalized spacial score (nSPS) is 19.6. The molecule has 2 rings (SSSR count). The summed E-state index contributed by atoms with van der Waals surface area (Å²) in [6, 6.07) is 1.83. The summed E-state index contributed by atoms with van der Waals surface area (Å²) < 4.78 is 1.70.